The number of hydrogen-bond donors (Lipinski definition) is 2. The van der Waals surface area contributed by atoms with Crippen LogP contribution in [0.3, 0.4) is 0 Å². The van der Waals surface area contributed by atoms with Crippen molar-refractivity contribution in [2.75, 3.05) is 18.9 Å². The first kappa shape index (κ1) is 12.9. The normalized spacial score (nSPS) is 18.0. The number of fused-ring (bicyclic) bond motifs is 1. The van der Waals surface area contributed by atoms with Gasteiger partial charge in [-0.1, -0.05) is 6.07 Å². The molecular weight excluding hydrogens is 224 g/mol. The van der Waals surface area contributed by atoms with Crippen molar-refractivity contribution < 1.29 is 4.79 Å². The van der Waals surface area contributed by atoms with E-state index < -0.39 is 0 Å². The van der Waals surface area contributed by atoms with Crippen molar-refractivity contribution in [3.63, 3.8) is 0 Å². The molecule has 0 spiro atoms. The molecule has 0 radical (unpaired) electrons. The van der Waals surface area contributed by atoms with Crippen LogP contribution in [0.25, 0.3) is 0 Å². The molecule has 18 heavy (non-hydrogen) atoms. The molecule has 2 rings (SSSR count). The van der Waals surface area contributed by atoms with Gasteiger partial charge in [0, 0.05) is 26.2 Å². The van der Waals surface area contributed by atoms with E-state index in [1.165, 1.54) is 36.1 Å². The zero-order valence-corrected chi connectivity index (χ0v) is 11.3. The van der Waals surface area contributed by atoms with E-state index in [1.807, 2.05) is 7.05 Å². The monoisotopic (exact) mass is 246 g/mol. The van der Waals surface area contributed by atoms with E-state index in [9.17, 15) is 4.79 Å². The summed E-state index contributed by atoms with van der Waals surface area (Å²) in [6.45, 7) is 2.36. The molecule has 2 N–H and O–H groups in total. The highest BCUT2D eigenvalue weighted by Crippen LogP contribution is 2.35. The summed E-state index contributed by atoms with van der Waals surface area (Å²) in [6, 6.07) is 6.66. The van der Waals surface area contributed by atoms with Crippen LogP contribution in [-0.2, 0) is 11.2 Å². The molecule has 0 fully saturated rings. The minimum absolute atomic E-state index is 0.0648. The molecule has 3 nitrogen and oxygen atoms in total. The van der Waals surface area contributed by atoms with Crippen LogP contribution in [-0.4, -0.2) is 19.5 Å². The van der Waals surface area contributed by atoms with Gasteiger partial charge in [-0.15, -0.1) is 0 Å². The highest BCUT2D eigenvalue weighted by molar-refractivity contribution is 5.72. The van der Waals surface area contributed by atoms with Crippen molar-refractivity contribution in [2.24, 2.45) is 0 Å². The lowest BCUT2D eigenvalue weighted by atomic mass is 9.81. The number of aryl methyl sites for hydroxylation is 1. The Bertz CT molecular complexity index is 429. The number of nitrogens with one attached hydrogen (secondary N) is 2. The molecule has 98 valence electrons. The fourth-order valence-corrected chi connectivity index (χ4v) is 2.77. The topological polar surface area (TPSA) is 41.1 Å². The number of amides is 1. The Morgan fingerprint density at radius 2 is 2.28 bits per heavy atom. The third-order valence-electron chi connectivity index (χ3n) is 3.74. The fraction of sp³-hybridized carbons (Fsp3) is 0.533. The third kappa shape index (κ3) is 3.03. The first-order chi connectivity index (χ1) is 8.70. The standard InChI is InChI=1S/C15H22N2O/c1-11(18)17-9-8-13-5-3-4-12-6-7-14(16-2)10-15(12)13/h6-7,10,13,16H,3-5,8-9H2,1-2H3,(H,17,18). The molecule has 0 saturated heterocycles. The van der Waals surface area contributed by atoms with Crippen LogP contribution in [0.5, 0.6) is 0 Å². The number of hydrogen-bond acceptors (Lipinski definition) is 2. The van der Waals surface area contributed by atoms with Gasteiger partial charge < -0.3 is 10.6 Å². The molecule has 1 aliphatic carbocycles. The fourth-order valence-electron chi connectivity index (χ4n) is 2.77. The van der Waals surface area contributed by atoms with E-state index in [-0.39, 0.29) is 5.91 Å². The SMILES string of the molecule is CNc1ccc2c(c1)C(CCNC(C)=O)CCC2. The van der Waals surface area contributed by atoms with Crippen molar-refractivity contribution in [1.29, 1.82) is 0 Å². The molecule has 3 heteroatoms. The number of rotatable bonds is 4. The summed E-state index contributed by atoms with van der Waals surface area (Å²) >= 11 is 0. The average Bonchev–Trinajstić information content (AvgIpc) is 2.38. The Morgan fingerprint density at radius 1 is 1.44 bits per heavy atom. The van der Waals surface area contributed by atoms with Gasteiger partial charge in [-0.3, -0.25) is 4.79 Å². The van der Waals surface area contributed by atoms with E-state index in [0.29, 0.717) is 5.92 Å². The van der Waals surface area contributed by atoms with E-state index in [4.69, 9.17) is 0 Å². The predicted octanol–water partition coefficient (Wildman–Crippen LogP) is 2.67. The lowest BCUT2D eigenvalue weighted by Crippen LogP contribution is -2.23. The third-order valence-corrected chi connectivity index (χ3v) is 3.74. The molecule has 0 bridgehead atoms. The van der Waals surface area contributed by atoms with Gasteiger partial charge in [-0.25, -0.2) is 0 Å². The van der Waals surface area contributed by atoms with Gasteiger partial charge in [0.05, 0.1) is 0 Å². The minimum Gasteiger partial charge on any atom is -0.388 e. The maximum atomic E-state index is 10.9. The Morgan fingerprint density at radius 3 is 3.00 bits per heavy atom. The first-order valence-electron chi connectivity index (χ1n) is 6.75. The second kappa shape index (κ2) is 5.89. The number of anilines is 1. The van der Waals surface area contributed by atoms with Crippen molar-refractivity contribution in [3.05, 3.63) is 29.3 Å². The lowest BCUT2D eigenvalue weighted by molar-refractivity contribution is -0.118. The summed E-state index contributed by atoms with van der Waals surface area (Å²) in [7, 11) is 1.96. The zero-order chi connectivity index (χ0) is 13.0. The van der Waals surface area contributed by atoms with Crippen molar-refractivity contribution in [1.82, 2.24) is 5.32 Å². The Kier molecular flexibility index (Phi) is 4.24. The van der Waals surface area contributed by atoms with E-state index in [2.05, 4.69) is 28.8 Å². The van der Waals surface area contributed by atoms with Crippen LogP contribution < -0.4 is 10.6 Å². The molecule has 1 unspecified atom stereocenters. The van der Waals surface area contributed by atoms with E-state index in [0.717, 1.165) is 13.0 Å². The number of carbonyl (C=O) groups excluding carboxylic acids is 1. The Balaban J connectivity index is 2.08. The molecule has 1 aromatic carbocycles. The van der Waals surface area contributed by atoms with E-state index >= 15 is 0 Å². The van der Waals surface area contributed by atoms with Crippen molar-refractivity contribution in [3.8, 4) is 0 Å². The van der Waals surface area contributed by atoms with Crippen molar-refractivity contribution in [2.45, 2.75) is 38.5 Å². The van der Waals surface area contributed by atoms with Crippen LogP contribution in [0.4, 0.5) is 5.69 Å². The lowest BCUT2D eigenvalue weighted by Gasteiger charge is -2.26. The van der Waals surface area contributed by atoms with Crippen LogP contribution in [0.2, 0.25) is 0 Å². The molecule has 1 aromatic rings. The minimum atomic E-state index is 0.0648. The maximum Gasteiger partial charge on any atom is 0.216 e. The average molecular weight is 246 g/mol. The van der Waals surface area contributed by atoms with Crippen LogP contribution in [0.15, 0.2) is 18.2 Å². The molecule has 0 heterocycles. The summed E-state index contributed by atoms with van der Waals surface area (Å²) in [5, 5.41) is 6.10. The molecule has 0 aliphatic heterocycles. The predicted molar refractivity (Wildman–Crippen MR) is 75.0 cm³/mol. The maximum absolute atomic E-state index is 10.9. The highest BCUT2D eigenvalue weighted by Gasteiger charge is 2.20. The molecule has 1 aliphatic rings. The van der Waals surface area contributed by atoms with Gasteiger partial charge in [0.1, 0.15) is 0 Å². The van der Waals surface area contributed by atoms with Gasteiger partial charge in [0.2, 0.25) is 5.91 Å². The van der Waals surface area contributed by atoms with Crippen LogP contribution in [0.1, 0.15) is 43.2 Å². The smallest absolute Gasteiger partial charge is 0.216 e. The van der Waals surface area contributed by atoms with Gasteiger partial charge in [0.25, 0.3) is 0 Å². The van der Waals surface area contributed by atoms with Gasteiger partial charge in [-0.05, 0) is 54.9 Å². The quantitative estimate of drug-likeness (QED) is 0.857. The summed E-state index contributed by atoms with van der Waals surface area (Å²) in [4.78, 5) is 10.9. The number of carbonyl (C=O) groups is 1. The summed E-state index contributed by atoms with van der Waals surface area (Å²) in [6.07, 6.45) is 4.73. The van der Waals surface area contributed by atoms with E-state index in [1.54, 1.807) is 6.92 Å². The second-order valence-electron chi connectivity index (χ2n) is 5.02. The Hall–Kier alpha value is -1.51. The van der Waals surface area contributed by atoms with Crippen LogP contribution in [0, 0.1) is 0 Å². The van der Waals surface area contributed by atoms with Gasteiger partial charge in [0.15, 0.2) is 0 Å². The molecule has 1 amide bonds. The zero-order valence-electron chi connectivity index (χ0n) is 11.3. The Labute approximate surface area is 109 Å². The molecule has 1 atom stereocenters. The number of benzene rings is 1. The molecule has 0 saturated carbocycles. The van der Waals surface area contributed by atoms with Crippen molar-refractivity contribution >= 4 is 11.6 Å². The summed E-state index contributed by atoms with van der Waals surface area (Å²) < 4.78 is 0. The van der Waals surface area contributed by atoms with Gasteiger partial charge in [-0.2, -0.15) is 0 Å². The first-order valence-corrected chi connectivity index (χ1v) is 6.75. The summed E-state index contributed by atoms with van der Waals surface area (Å²) in [5.74, 6) is 0.656. The molecular formula is C15H22N2O. The second-order valence-corrected chi connectivity index (χ2v) is 5.02. The largest absolute Gasteiger partial charge is 0.388 e. The summed E-state index contributed by atoms with van der Waals surface area (Å²) in [5.41, 5.74) is 4.13. The molecule has 0 aromatic heterocycles. The van der Waals surface area contributed by atoms with Gasteiger partial charge >= 0.3 is 0 Å². The van der Waals surface area contributed by atoms with Crippen LogP contribution >= 0.6 is 0 Å². The highest BCUT2D eigenvalue weighted by atomic mass is 16.1.